The smallest absolute Gasteiger partial charge is 0.384 e. The molecule has 0 bridgehead atoms. The van der Waals surface area contributed by atoms with Crippen LogP contribution in [0.1, 0.15) is 29.2 Å². The molecule has 6 rings (SSSR count). The average Bonchev–Trinajstić information content (AvgIpc) is 3.38. The van der Waals surface area contributed by atoms with E-state index >= 15 is 0 Å². The van der Waals surface area contributed by atoms with Gasteiger partial charge in [-0.1, -0.05) is 54.2 Å². The van der Waals surface area contributed by atoms with Crippen LogP contribution in [-0.2, 0) is 24.1 Å². The Morgan fingerprint density at radius 1 is 0.938 bits per heavy atom. The number of rotatable bonds is 8. The Balaban J connectivity index is 1.30. The molecule has 0 radical (unpaired) electrons. The molecule has 0 saturated carbocycles. The molecule has 1 saturated heterocycles. The van der Waals surface area contributed by atoms with Gasteiger partial charge in [0, 0.05) is 35.6 Å². The summed E-state index contributed by atoms with van der Waals surface area (Å²) in [6.45, 7) is 3.88. The number of benzene rings is 4. The largest absolute Gasteiger partial charge is 0.416 e. The number of nitrogens with one attached hydrogen (secondary N) is 2. The lowest BCUT2D eigenvalue weighted by Crippen LogP contribution is -2.29. The van der Waals surface area contributed by atoms with E-state index in [1.165, 1.54) is 35.7 Å². The Labute approximate surface area is 285 Å². The third kappa shape index (κ3) is 7.32. The number of carbonyl (C=O) groups excluding carboxylic acids is 1. The maximum atomic E-state index is 14.2. The molecule has 2 aliphatic rings. The molecule has 2 heterocycles. The molecule has 1 amide bonds. The molecule has 0 atom stereocenters. The average molecular weight is 685 g/mol. The number of carbonyl (C=O) groups is 1. The summed E-state index contributed by atoms with van der Waals surface area (Å²) in [6.07, 6.45) is -4.37. The number of likely N-dealkylation sites (N-methyl/N-ethyl adjacent to an activating group) is 1. The maximum absolute atomic E-state index is 14.2. The predicted molar refractivity (Wildman–Crippen MR) is 188 cm³/mol. The van der Waals surface area contributed by atoms with Crippen LogP contribution in [0.2, 0.25) is 0 Å². The van der Waals surface area contributed by atoms with Gasteiger partial charge in [0.05, 0.1) is 52.3 Å². The van der Waals surface area contributed by atoms with E-state index in [0.717, 1.165) is 50.1 Å². The van der Waals surface area contributed by atoms with Gasteiger partial charge >= 0.3 is 6.18 Å². The highest BCUT2D eigenvalue weighted by Crippen LogP contribution is 2.47. The zero-order valence-corrected chi connectivity index (χ0v) is 27.8. The second-order valence-corrected chi connectivity index (χ2v) is 13.3. The van der Waals surface area contributed by atoms with Gasteiger partial charge < -0.3 is 15.5 Å². The highest BCUT2D eigenvalue weighted by molar-refractivity contribution is 8.19. The van der Waals surface area contributed by atoms with Crippen LogP contribution in [0, 0.1) is 11.3 Å². The van der Waals surface area contributed by atoms with Crippen LogP contribution in [0.5, 0.6) is 0 Å². The van der Waals surface area contributed by atoms with Crippen LogP contribution in [0.4, 0.5) is 35.9 Å². The van der Waals surface area contributed by atoms with Crippen molar-refractivity contribution in [2.75, 3.05) is 35.7 Å². The van der Waals surface area contributed by atoms with E-state index < -0.39 is 11.7 Å². The molecule has 0 aromatic heterocycles. The van der Waals surface area contributed by atoms with E-state index in [4.69, 9.17) is 4.99 Å². The Bertz CT molecular complexity index is 1940. The third-order valence-corrected chi connectivity index (χ3v) is 10.1. The first-order valence-electron chi connectivity index (χ1n) is 15.2. The summed E-state index contributed by atoms with van der Waals surface area (Å²) in [4.78, 5) is 25.3. The zero-order chi connectivity index (χ0) is 33.8. The first-order valence-corrected chi connectivity index (χ1v) is 16.8. The molecule has 0 unspecified atom stereocenters. The minimum atomic E-state index is -4.37. The molecule has 7 nitrogen and oxygen atoms in total. The zero-order valence-electron chi connectivity index (χ0n) is 26.1. The van der Waals surface area contributed by atoms with Crippen molar-refractivity contribution in [2.24, 2.45) is 4.99 Å². The number of amidine groups is 1. The van der Waals surface area contributed by atoms with Crippen LogP contribution in [0.15, 0.2) is 111 Å². The summed E-state index contributed by atoms with van der Waals surface area (Å²) < 4.78 is 38.9. The number of hydrogen-bond acceptors (Lipinski definition) is 8. The van der Waals surface area contributed by atoms with Crippen molar-refractivity contribution >= 4 is 57.3 Å². The molecule has 2 aliphatic heterocycles. The van der Waals surface area contributed by atoms with E-state index in [2.05, 4.69) is 21.6 Å². The molecule has 1 fully saturated rings. The molecule has 2 N–H and O–H groups in total. The van der Waals surface area contributed by atoms with E-state index in [0.29, 0.717) is 47.5 Å². The minimum absolute atomic E-state index is 0.139. The van der Waals surface area contributed by atoms with Gasteiger partial charge in [-0.2, -0.15) is 18.4 Å². The number of alkyl halides is 3. The van der Waals surface area contributed by atoms with Crippen molar-refractivity contribution in [1.82, 2.24) is 4.90 Å². The van der Waals surface area contributed by atoms with Gasteiger partial charge in [0.25, 0.3) is 5.91 Å². The van der Waals surface area contributed by atoms with Crippen LogP contribution in [-0.4, -0.2) is 36.1 Å². The number of anilines is 3. The summed E-state index contributed by atoms with van der Waals surface area (Å²) in [7, 11) is 1.98. The summed E-state index contributed by atoms with van der Waals surface area (Å²) in [6, 6.07) is 28.3. The quantitative estimate of drug-likeness (QED) is 0.180. The van der Waals surface area contributed by atoms with Gasteiger partial charge in [-0.25, -0.2) is 4.99 Å². The number of hydrogen-bond donors (Lipinski definition) is 2. The van der Waals surface area contributed by atoms with Crippen LogP contribution in [0.25, 0.3) is 0 Å². The molecule has 0 aliphatic carbocycles. The fourth-order valence-electron chi connectivity index (χ4n) is 5.32. The van der Waals surface area contributed by atoms with Gasteiger partial charge in [-0.15, -0.1) is 0 Å². The third-order valence-electron chi connectivity index (χ3n) is 7.77. The topological polar surface area (TPSA) is 83.8 Å². The number of thioether (sulfide) groups is 2. The number of aliphatic imine (C=N–C) groups is 1. The monoisotopic (exact) mass is 684 g/mol. The number of nitriles is 1. The Morgan fingerprint density at radius 2 is 1.71 bits per heavy atom. The number of amides is 1. The lowest BCUT2D eigenvalue weighted by atomic mass is 10.1. The molecule has 244 valence electrons. The number of halogens is 3. The lowest BCUT2D eigenvalue weighted by molar-refractivity contribution is -0.137. The van der Waals surface area contributed by atoms with Gasteiger partial charge in [0.15, 0.2) is 5.17 Å². The summed E-state index contributed by atoms with van der Waals surface area (Å²) in [5.74, 6) is -0.139. The summed E-state index contributed by atoms with van der Waals surface area (Å²) in [5, 5.41) is 16.7. The van der Waals surface area contributed by atoms with Crippen molar-refractivity contribution in [3.05, 3.63) is 123 Å². The van der Waals surface area contributed by atoms with Crippen molar-refractivity contribution in [1.29, 1.82) is 5.26 Å². The SMILES string of the molecule is CCNc1ccc(C#N)cc1N=C1S/C(=C2/CN(C)c3ccc(NCc4ccc(C(F)(F)F)cc4)cc3S2)C(=O)N1Cc1ccccc1. The van der Waals surface area contributed by atoms with Crippen molar-refractivity contribution in [3.8, 4) is 6.07 Å². The fraction of sp³-hybridized carbons (Fsp3) is 0.194. The highest BCUT2D eigenvalue weighted by atomic mass is 32.2. The molecule has 0 spiro atoms. The van der Waals surface area contributed by atoms with Gasteiger partial charge in [-0.05, 0) is 78.3 Å². The Morgan fingerprint density at radius 3 is 2.42 bits per heavy atom. The van der Waals surface area contributed by atoms with Crippen molar-refractivity contribution in [3.63, 3.8) is 0 Å². The molecule has 12 heteroatoms. The molecular weight excluding hydrogens is 654 g/mol. The maximum Gasteiger partial charge on any atom is 0.416 e. The van der Waals surface area contributed by atoms with E-state index in [1.54, 1.807) is 17.0 Å². The normalized spacial score (nSPS) is 17.0. The fourth-order valence-corrected chi connectivity index (χ4v) is 7.75. The predicted octanol–water partition coefficient (Wildman–Crippen LogP) is 8.84. The lowest BCUT2D eigenvalue weighted by Gasteiger charge is -2.30. The Hall–Kier alpha value is -4.86. The van der Waals surface area contributed by atoms with Crippen LogP contribution < -0.4 is 15.5 Å². The summed E-state index contributed by atoms with van der Waals surface area (Å²) >= 11 is 2.86. The minimum Gasteiger partial charge on any atom is -0.384 e. The van der Waals surface area contributed by atoms with Gasteiger partial charge in [0.2, 0.25) is 0 Å². The van der Waals surface area contributed by atoms with Crippen LogP contribution >= 0.6 is 23.5 Å². The molecular formula is C36H31F3N6OS2. The second-order valence-electron chi connectivity index (χ2n) is 11.2. The van der Waals surface area contributed by atoms with Crippen molar-refractivity contribution < 1.29 is 18.0 Å². The Kier molecular flexibility index (Phi) is 9.71. The van der Waals surface area contributed by atoms with E-state index in [1.807, 2.05) is 68.6 Å². The molecule has 4 aromatic carbocycles. The van der Waals surface area contributed by atoms with E-state index in [-0.39, 0.29) is 5.91 Å². The van der Waals surface area contributed by atoms with E-state index in [9.17, 15) is 23.2 Å². The second kappa shape index (κ2) is 14.1. The highest BCUT2D eigenvalue weighted by Gasteiger charge is 2.37. The van der Waals surface area contributed by atoms with Gasteiger partial charge in [-0.3, -0.25) is 9.69 Å². The molecule has 4 aromatic rings. The number of nitrogens with zero attached hydrogens (tertiary/aromatic N) is 4. The van der Waals surface area contributed by atoms with Crippen molar-refractivity contribution in [2.45, 2.75) is 31.1 Å². The standard InChI is InChI=1S/C36H31F3N6OS2/c1-3-41-28-15-11-25(19-40)17-29(28)43-35-45(21-24-7-5-4-6-8-24)34(46)33(48-35)32-22-44(2)30-16-14-27(18-31(30)47-32)42-20-23-9-12-26(13-10-23)36(37,38)39/h4-18,41-42H,3,20-22H2,1-2H3/b33-32-,43-35?. The molecule has 48 heavy (non-hydrogen) atoms. The first-order chi connectivity index (χ1) is 23.1. The first kappa shape index (κ1) is 33.1. The van der Waals surface area contributed by atoms with Gasteiger partial charge in [0.1, 0.15) is 0 Å². The summed E-state index contributed by atoms with van der Waals surface area (Å²) in [5.41, 5.74) is 4.67. The number of fused-ring (bicyclic) bond motifs is 1. The van der Waals surface area contributed by atoms with Crippen LogP contribution in [0.3, 0.4) is 0 Å².